The number of hydrogen-bond donors (Lipinski definition) is 2. The van der Waals surface area contributed by atoms with Gasteiger partial charge in [-0.15, -0.1) is 12.4 Å². The molecule has 2 heterocycles. The topological polar surface area (TPSA) is 50.4 Å². The minimum atomic E-state index is -0.246. The van der Waals surface area contributed by atoms with Crippen LogP contribution in [0.1, 0.15) is 36.0 Å². The molecule has 1 aromatic carbocycles. The molecule has 110 valence electrons. The number of rotatable bonds is 3. The van der Waals surface area contributed by atoms with Gasteiger partial charge in [0.2, 0.25) is 5.91 Å². The molecule has 4 nitrogen and oxygen atoms in total. The number of ether oxygens (including phenoxy) is 1. The summed E-state index contributed by atoms with van der Waals surface area (Å²) in [4.78, 5) is 12.0. The normalized spacial score (nSPS) is 20.9. The number of benzene rings is 1. The third kappa shape index (κ3) is 3.51. The van der Waals surface area contributed by atoms with E-state index < -0.39 is 0 Å². The zero-order chi connectivity index (χ0) is 13.1. The lowest BCUT2D eigenvalue weighted by atomic mass is 10.1. The van der Waals surface area contributed by atoms with E-state index in [1.165, 1.54) is 11.1 Å². The Morgan fingerprint density at radius 2 is 2.15 bits per heavy atom. The predicted octanol–water partition coefficient (Wildman–Crippen LogP) is 1.90. The van der Waals surface area contributed by atoms with Crippen molar-refractivity contribution in [1.29, 1.82) is 0 Å². The van der Waals surface area contributed by atoms with Crippen LogP contribution in [-0.4, -0.2) is 18.6 Å². The lowest BCUT2D eigenvalue weighted by molar-refractivity contribution is -0.135. The van der Waals surface area contributed by atoms with E-state index in [1.54, 1.807) is 0 Å². The third-order valence-electron chi connectivity index (χ3n) is 3.84. The third-order valence-corrected chi connectivity index (χ3v) is 3.84. The number of carbonyl (C=O) groups excluding carboxylic acids is 1. The number of fused-ring (bicyclic) bond motifs is 1. The molecular weight excluding hydrogens is 276 g/mol. The van der Waals surface area contributed by atoms with Crippen molar-refractivity contribution >= 4 is 18.3 Å². The highest BCUT2D eigenvalue weighted by Crippen LogP contribution is 2.17. The summed E-state index contributed by atoms with van der Waals surface area (Å²) in [5.74, 6) is 0.0262. The second-order valence-corrected chi connectivity index (χ2v) is 5.28. The van der Waals surface area contributed by atoms with Crippen LogP contribution in [0.15, 0.2) is 18.2 Å². The second-order valence-electron chi connectivity index (χ2n) is 5.28. The highest BCUT2D eigenvalue weighted by Gasteiger charge is 2.21. The fraction of sp³-hybridized carbons (Fsp3) is 0.533. The minimum Gasteiger partial charge on any atom is -0.368 e. The van der Waals surface area contributed by atoms with Gasteiger partial charge < -0.3 is 15.4 Å². The van der Waals surface area contributed by atoms with Gasteiger partial charge in [0.05, 0.1) is 0 Å². The maximum Gasteiger partial charge on any atom is 0.249 e. The van der Waals surface area contributed by atoms with E-state index in [9.17, 15) is 4.79 Å². The summed E-state index contributed by atoms with van der Waals surface area (Å²) >= 11 is 0. The Hall–Kier alpha value is -1.10. The molecule has 0 aromatic heterocycles. The van der Waals surface area contributed by atoms with Crippen molar-refractivity contribution in [3.8, 4) is 0 Å². The van der Waals surface area contributed by atoms with Crippen LogP contribution in [0.3, 0.4) is 0 Å². The second kappa shape index (κ2) is 7.07. The number of nitrogens with one attached hydrogen (secondary N) is 2. The summed E-state index contributed by atoms with van der Waals surface area (Å²) in [6.07, 6.45) is 2.76. The molecule has 20 heavy (non-hydrogen) atoms. The van der Waals surface area contributed by atoms with E-state index in [1.807, 2.05) is 0 Å². The highest BCUT2D eigenvalue weighted by atomic mass is 35.5. The van der Waals surface area contributed by atoms with E-state index in [0.717, 1.165) is 37.9 Å². The maximum atomic E-state index is 12.0. The minimum absolute atomic E-state index is 0. The Kier molecular flexibility index (Phi) is 5.40. The standard InChI is InChI=1S/C15H20N2O2.ClH/c18-15(14-3-1-2-6-19-14)17-8-11-4-5-12-9-16-10-13(12)7-11;/h4-5,7,14,16H,1-3,6,8-10H2,(H,17,18);1H. The van der Waals surface area contributed by atoms with E-state index in [-0.39, 0.29) is 24.4 Å². The molecule has 1 fully saturated rings. The molecular formula is C15H21ClN2O2. The van der Waals surface area contributed by atoms with Gasteiger partial charge in [-0.05, 0) is 36.0 Å². The highest BCUT2D eigenvalue weighted by molar-refractivity contribution is 5.85. The molecule has 0 saturated carbocycles. The first-order valence-corrected chi connectivity index (χ1v) is 7.03. The van der Waals surface area contributed by atoms with E-state index in [2.05, 4.69) is 28.8 Å². The van der Waals surface area contributed by atoms with Crippen molar-refractivity contribution in [3.63, 3.8) is 0 Å². The van der Waals surface area contributed by atoms with Crippen molar-refractivity contribution in [2.45, 2.75) is 45.0 Å². The zero-order valence-electron chi connectivity index (χ0n) is 11.5. The molecule has 0 spiro atoms. The summed E-state index contributed by atoms with van der Waals surface area (Å²) in [6.45, 7) is 3.19. The molecule has 2 N–H and O–H groups in total. The Morgan fingerprint density at radius 3 is 2.95 bits per heavy atom. The Morgan fingerprint density at radius 1 is 1.30 bits per heavy atom. The monoisotopic (exact) mass is 296 g/mol. The van der Waals surface area contributed by atoms with Gasteiger partial charge in [-0.25, -0.2) is 0 Å². The molecule has 1 aromatic rings. The van der Waals surface area contributed by atoms with Crippen LogP contribution < -0.4 is 10.6 Å². The smallest absolute Gasteiger partial charge is 0.249 e. The first kappa shape index (κ1) is 15.3. The largest absolute Gasteiger partial charge is 0.368 e. The average Bonchev–Trinajstić information content (AvgIpc) is 2.93. The molecule has 2 aliphatic heterocycles. The van der Waals surface area contributed by atoms with Crippen molar-refractivity contribution in [3.05, 3.63) is 34.9 Å². The zero-order valence-corrected chi connectivity index (χ0v) is 12.3. The first-order valence-electron chi connectivity index (χ1n) is 7.03. The van der Waals surface area contributed by atoms with Crippen LogP contribution >= 0.6 is 12.4 Å². The van der Waals surface area contributed by atoms with Gasteiger partial charge in [-0.1, -0.05) is 18.2 Å². The first-order chi connectivity index (χ1) is 9.33. The van der Waals surface area contributed by atoms with Gasteiger partial charge in [0.1, 0.15) is 6.10 Å². The molecule has 5 heteroatoms. The average molecular weight is 297 g/mol. The fourth-order valence-electron chi connectivity index (χ4n) is 2.71. The molecule has 1 saturated heterocycles. The van der Waals surface area contributed by atoms with Gasteiger partial charge in [0.25, 0.3) is 0 Å². The number of carbonyl (C=O) groups is 1. The van der Waals surface area contributed by atoms with E-state index in [0.29, 0.717) is 13.2 Å². The number of halogens is 1. The molecule has 0 radical (unpaired) electrons. The van der Waals surface area contributed by atoms with Crippen LogP contribution in [0.4, 0.5) is 0 Å². The van der Waals surface area contributed by atoms with Crippen LogP contribution in [0.5, 0.6) is 0 Å². The van der Waals surface area contributed by atoms with Crippen molar-refractivity contribution in [1.82, 2.24) is 10.6 Å². The fourth-order valence-corrected chi connectivity index (χ4v) is 2.71. The molecule has 0 bridgehead atoms. The van der Waals surface area contributed by atoms with E-state index in [4.69, 9.17) is 4.74 Å². The molecule has 1 amide bonds. The van der Waals surface area contributed by atoms with Crippen molar-refractivity contribution in [2.24, 2.45) is 0 Å². The maximum absolute atomic E-state index is 12.0. The van der Waals surface area contributed by atoms with Gasteiger partial charge in [0, 0.05) is 26.2 Å². The summed E-state index contributed by atoms with van der Waals surface area (Å²) in [5, 5.41) is 6.30. The van der Waals surface area contributed by atoms with Crippen molar-refractivity contribution < 1.29 is 9.53 Å². The lowest BCUT2D eigenvalue weighted by Crippen LogP contribution is -2.37. The summed E-state index contributed by atoms with van der Waals surface area (Å²) in [6, 6.07) is 6.42. The van der Waals surface area contributed by atoms with Crippen LogP contribution in [0.2, 0.25) is 0 Å². The summed E-state index contributed by atoms with van der Waals surface area (Å²) < 4.78 is 5.48. The molecule has 1 atom stereocenters. The summed E-state index contributed by atoms with van der Waals surface area (Å²) in [7, 11) is 0. The molecule has 3 rings (SSSR count). The molecule has 2 aliphatic rings. The van der Waals surface area contributed by atoms with Crippen LogP contribution in [-0.2, 0) is 29.2 Å². The van der Waals surface area contributed by atoms with Crippen molar-refractivity contribution in [2.75, 3.05) is 6.61 Å². The SMILES string of the molecule is Cl.O=C(NCc1ccc2c(c1)CNC2)C1CCCCO1. The Labute approximate surface area is 125 Å². The quantitative estimate of drug-likeness (QED) is 0.896. The number of amides is 1. The Balaban J connectivity index is 0.00000147. The van der Waals surface area contributed by atoms with Gasteiger partial charge in [0.15, 0.2) is 0 Å². The van der Waals surface area contributed by atoms with E-state index >= 15 is 0 Å². The molecule has 0 aliphatic carbocycles. The van der Waals surface area contributed by atoms with Crippen LogP contribution in [0, 0.1) is 0 Å². The summed E-state index contributed by atoms with van der Waals surface area (Å²) in [5.41, 5.74) is 3.87. The van der Waals surface area contributed by atoms with Gasteiger partial charge >= 0.3 is 0 Å². The predicted molar refractivity (Wildman–Crippen MR) is 79.7 cm³/mol. The van der Waals surface area contributed by atoms with Gasteiger partial charge in [-0.3, -0.25) is 4.79 Å². The van der Waals surface area contributed by atoms with Gasteiger partial charge in [-0.2, -0.15) is 0 Å². The Bertz CT molecular complexity index is 473. The molecule has 1 unspecified atom stereocenters. The number of hydrogen-bond acceptors (Lipinski definition) is 3. The lowest BCUT2D eigenvalue weighted by Gasteiger charge is -2.21. The van der Waals surface area contributed by atoms with Crippen LogP contribution in [0.25, 0.3) is 0 Å².